The Morgan fingerprint density at radius 2 is 2.18 bits per heavy atom. The zero-order valence-corrected chi connectivity index (χ0v) is 7.47. The average molecular weight is 157 g/mol. The van der Waals surface area contributed by atoms with E-state index in [1.54, 1.807) is 6.92 Å². The highest BCUT2D eigenvalue weighted by atomic mass is 19.1. The molecule has 1 aliphatic carbocycles. The van der Waals surface area contributed by atoms with Gasteiger partial charge in [-0.25, -0.2) is 4.39 Å². The van der Waals surface area contributed by atoms with E-state index >= 15 is 0 Å². The topological polar surface area (TPSA) is 3.24 Å². The predicted octanol–water partition coefficient (Wildman–Crippen LogP) is 1.83. The fourth-order valence-corrected chi connectivity index (χ4v) is 2.86. The number of fused-ring (bicyclic) bond motifs is 2. The molecule has 0 spiro atoms. The Labute approximate surface area is 67.6 Å². The van der Waals surface area contributed by atoms with E-state index in [4.69, 9.17) is 0 Å². The Balaban J connectivity index is 2.23. The fourth-order valence-electron chi connectivity index (χ4n) is 2.86. The van der Waals surface area contributed by atoms with Crippen LogP contribution in [0.1, 0.15) is 26.7 Å². The molecule has 0 aromatic heterocycles. The summed E-state index contributed by atoms with van der Waals surface area (Å²) in [5, 5.41) is 0. The van der Waals surface area contributed by atoms with Crippen molar-refractivity contribution in [2.75, 3.05) is 7.05 Å². The molecular formula is C9H16FN. The van der Waals surface area contributed by atoms with Gasteiger partial charge in [0.05, 0.1) is 0 Å². The van der Waals surface area contributed by atoms with Crippen LogP contribution in [0, 0.1) is 5.92 Å². The summed E-state index contributed by atoms with van der Waals surface area (Å²) in [6.45, 7) is 3.91. The van der Waals surface area contributed by atoms with Gasteiger partial charge in [0.15, 0.2) is 0 Å². The molecule has 1 saturated heterocycles. The molecule has 0 aromatic rings. The number of piperidine rings is 1. The minimum atomic E-state index is -0.878. The van der Waals surface area contributed by atoms with Crippen molar-refractivity contribution in [3.63, 3.8) is 0 Å². The van der Waals surface area contributed by atoms with Crippen molar-refractivity contribution in [3.8, 4) is 0 Å². The van der Waals surface area contributed by atoms with Gasteiger partial charge >= 0.3 is 0 Å². The van der Waals surface area contributed by atoms with Crippen molar-refractivity contribution in [2.45, 2.75) is 44.4 Å². The number of alkyl halides is 1. The number of halogens is 1. The Morgan fingerprint density at radius 3 is 2.55 bits per heavy atom. The lowest BCUT2D eigenvalue weighted by molar-refractivity contribution is 0.0396. The number of hydrogen-bond acceptors (Lipinski definition) is 1. The number of nitrogens with zero attached hydrogens (tertiary/aromatic N) is 1. The van der Waals surface area contributed by atoms with E-state index < -0.39 is 5.67 Å². The molecule has 2 fully saturated rings. The second-order valence-electron chi connectivity index (χ2n) is 4.38. The van der Waals surface area contributed by atoms with Crippen molar-refractivity contribution < 1.29 is 4.39 Å². The predicted molar refractivity (Wildman–Crippen MR) is 43.3 cm³/mol. The summed E-state index contributed by atoms with van der Waals surface area (Å²) in [5.41, 5.74) is -0.878. The van der Waals surface area contributed by atoms with Gasteiger partial charge in [-0.15, -0.1) is 0 Å². The summed E-state index contributed by atoms with van der Waals surface area (Å²) in [4.78, 5) is 2.33. The van der Waals surface area contributed by atoms with E-state index in [0.29, 0.717) is 12.1 Å². The fraction of sp³-hybridized carbons (Fsp3) is 1.00. The van der Waals surface area contributed by atoms with Crippen molar-refractivity contribution in [1.82, 2.24) is 4.90 Å². The van der Waals surface area contributed by atoms with Gasteiger partial charge in [-0.1, -0.05) is 0 Å². The number of likely N-dealkylation sites (tertiary alicyclic amines) is 1. The third-order valence-corrected chi connectivity index (χ3v) is 3.73. The largest absolute Gasteiger partial charge is 0.300 e. The smallest absolute Gasteiger partial charge is 0.114 e. The lowest BCUT2D eigenvalue weighted by atomic mass is 9.88. The van der Waals surface area contributed by atoms with Crippen molar-refractivity contribution >= 4 is 0 Å². The maximum Gasteiger partial charge on any atom is 0.114 e. The highest BCUT2D eigenvalue weighted by molar-refractivity contribution is 5.07. The summed E-state index contributed by atoms with van der Waals surface area (Å²) in [5.74, 6) is 0.289. The quantitative estimate of drug-likeness (QED) is 0.518. The van der Waals surface area contributed by atoms with Gasteiger partial charge in [-0.05, 0) is 33.7 Å². The average Bonchev–Trinajstić information content (AvgIpc) is 2.31. The summed E-state index contributed by atoms with van der Waals surface area (Å²) >= 11 is 0. The molecule has 3 unspecified atom stereocenters. The van der Waals surface area contributed by atoms with E-state index in [9.17, 15) is 4.39 Å². The molecule has 64 valence electrons. The Bertz CT molecular complexity index is 176. The van der Waals surface area contributed by atoms with Crippen LogP contribution in [0.4, 0.5) is 4.39 Å². The van der Waals surface area contributed by atoms with Crippen LogP contribution in [0.5, 0.6) is 0 Å². The van der Waals surface area contributed by atoms with Crippen molar-refractivity contribution in [1.29, 1.82) is 0 Å². The van der Waals surface area contributed by atoms with Gasteiger partial charge in [0, 0.05) is 18.0 Å². The van der Waals surface area contributed by atoms with Crippen LogP contribution in [0.3, 0.4) is 0 Å². The summed E-state index contributed by atoms with van der Waals surface area (Å²) in [6, 6.07) is 0.966. The summed E-state index contributed by atoms with van der Waals surface area (Å²) in [7, 11) is 2.12. The molecule has 0 radical (unpaired) electrons. The van der Waals surface area contributed by atoms with Gasteiger partial charge in [-0.2, -0.15) is 0 Å². The van der Waals surface area contributed by atoms with Crippen LogP contribution in [-0.4, -0.2) is 29.7 Å². The monoisotopic (exact) mass is 157 g/mol. The van der Waals surface area contributed by atoms with E-state index in [2.05, 4.69) is 18.9 Å². The molecular weight excluding hydrogens is 141 g/mol. The third kappa shape index (κ3) is 0.851. The Kier molecular flexibility index (Phi) is 1.35. The molecule has 2 bridgehead atoms. The van der Waals surface area contributed by atoms with Gasteiger partial charge in [0.25, 0.3) is 0 Å². The molecule has 2 heteroatoms. The molecule has 1 aliphatic heterocycles. The SMILES string of the molecule is C[C@@H]1C2CC(CC2(C)F)N1C. The molecule has 2 aliphatic rings. The molecule has 11 heavy (non-hydrogen) atoms. The zero-order chi connectivity index (χ0) is 8.22. The van der Waals surface area contributed by atoms with Crippen LogP contribution < -0.4 is 0 Å². The van der Waals surface area contributed by atoms with Crippen LogP contribution >= 0.6 is 0 Å². The van der Waals surface area contributed by atoms with E-state index in [0.717, 1.165) is 12.8 Å². The van der Waals surface area contributed by atoms with E-state index in [1.807, 2.05) is 0 Å². The molecule has 1 nitrogen and oxygen atoms in total. The first-order valence-corrected chi connectivity index (χ1v) is 4.43. The van der Waals surface area contributed by atoms with Gasteiger partial charge < -0.3 is 4.90 Å². The minimum Gasteiger partial charge on any atom is -0.300 e. The molecule has 2 rings (SSSR count). The Morgan fingerprint density at radius 1 is 1.55 bits per heavy atom. The first kappa shape index (κ1) is 7.53. The zero-order valence-electron chi connectivity index (χ0n) is 7.47. The molecule has 1 heterocycles. The summed E-state index contributed by atoms with van der Waals surface area (Å²) < 4.78 is 13.7. The summed E-state index contributed by atoms with van der Waals surface area (Å²) in [6.07, 6.45) is 1.82. The van der Waals surface area contributed by atoms with Crippen molar-refractivity contribution in [2.24, 2.45) is 5.92 Å². The standard InChI is InChI=1S/C9H16FN/c1-6-8-4-7(11(6)3)5-9(8,2)10/h6-8H,4-5H2,1-3H3/t6-,7?,8?,9?/m1/s1. The second-order valence-corrected chi connectivity index (χ2v) is 4.38. The molecule has 0 N–H and O–H groups in total. The molecule has 4 atom stereocenters. The molecule has 0 aromatic carbocycles. The molecule has 0 amide bonds. The van der Waals surface area contributed by atoms with Crippen molar-refractivity contribution in [3.05, 3.63) is 0 Å². The molecule has 1 saturated carbocycles. The first-order chi connectivity index (χ1) is 5.02. The van der Waals surface area contributed by atoms with E-state index in [1.165, 1.54) is 0 Å². The van der Waals surface area contributed by atoms with E-state index in [-0.39, 0.29) is 5.92 Å². The highest BCUT2D eigenvalue weighted by Gasteiger charge is 2.54. The second kappa shape index (κ2) is 1.98. The Hall–Kier alpha value is -0.110. The lowest BCUT2D eigenvalue weighted by Crippen LogP contribution is -2.45. The normalized spacial score (nSPS) is 57.3. The van der Waals surface area contributed by atoms with Crippen LogP contribution in [0.2, 0.25) is 0 Å². The maximum absolute atomic E-state index is 13.7. The van der Waals surface area contributed by atoms with Gasteiger partial charge in [0.2, 0.25) is 0 Å². The lowest BCUT2D eigenvalue weighted by Gasteiger charge is -2.36. The first-order valence-electron chi connectivity index (χ1n) is 4.43. The van der Waals surface area contributed by atoms with Gasteiger partial charge in [-0.3, -0.25) is 0 Å². The minimum absolute atomic E-state index is 0.289. The number of hydrogen-bond donors (Lipinski definition) is 0. The van der Waals surface area contributed by atoms with Crippen LogP contribution in [0.15, 0.2) is 0 Å². The van der Waals surface area contributed by atoms with Crippen LogP contribution in [0.25, 0.3) is 0 Å². The maximum atomic E-state index is 13.7. The number of rotatable bonds is 0. The highest BCUT2D eigenvalue weighted by Crippen LogP contribution is 2.49. The third-order valence-electron chi connectivity index (χ3n) is 3.73. The van der Waals surface area contributed by atoms with Gasteiger partial charge in [0.1, 0.15) is 5.67 Å². The van der Waals surface area contributed by atoms with Crippen LogP contribution in [-0.2, 0) is 0 Å².